The van der Waals surface area contributed by atoms with E-state index in [-0.39, 0.29) is 24.0 Å². The number of nitrogens with zero attached hydrogens (tertiary/aromatic N) is 2. The van der Waals surface area contributed by atoms with Crippen LogP contribution in [0.25, 0.3) is 0 Å². The number of halogens is 1. The Hall–Kier alpha value is -2.61. The number of hydrogen-bond acceptors (Lipinski definition) is 3. The van der Waals surface area contributed by atoms with E-state index >= 15 is 0 Å². The quantitative estimate of drug-likeness (QED) is 0.249. The summed E-state index contributed by atoms with van der Waals surface area (Å²) in [7, 11) is 0. The molecule has 0 atom stereocenters. The minimum Gasteiger partial charge on any atom is -0.489 e. The fraction of sp³-hybridized carbons (Fsp3) is 0.250. The molecule has 3 rings (SSSR count). The lowest BCUT2D eigenvalue weighted by Crippen LogP contribution is -2.38. The van der Waals surface area contributed by atoms with Gasteiger partial charge in [-0.15, -0.1) is 24.0 Å². The van der Waals surface area contributed by atoms with Gasteiger partial charge in [-0.25, -0.2) is 4.99 Å². The molecule has 5 nitrogen and oxygen atoms in total. The maximum absolute atomic E-state index is 5.79. The summed E-state index contributed by atoms with van der Waals surface area (Å²) in [5, 5.41) is 6.66. The Balaban J connectivity index is 0.00000320. The molecule has 0 aliphatic rings. The van der Waals surface area contributed by atoms with Crippen molar-refractivity contribution < 1.29 is 4.74 Å². The molecule has 0 aliphatic carbocycles. The second kappa shape index (κ2) is 13.6. The lowest BCUT2D eigenvalue weighted by molar-refractivity contribution is 0.306. The summed E-state index contributed by atoms with van der Waals surface area (Å²) in [6.07, 6.45) is 2.69. The zero-order valence-electron chi connectivity index (χ0n) is 17.3. The van der Waals surface area contributed by atoms with Crippen LogP contribution in [0.15, 0.2) is 84.0 Å². The minimum absolute atomic E-state index is 0. The van der Waals surface area contributed by atoms with Crippen molar-refractivity contribution in [3.05, 3.63) is 95.8 Å². The number of aromatic nitrogens is 1. The topological polar surface area (TPSA) is 58.5 Å². The lowest BCUT2D eigenvalue weighted by atomic mass is 10.1. The van der Waals surface area contributed by atoms with E-state index in [0.717, 1.165) is 48.0 Å². The third-order valence-electron chi connectivity index (χ3n) is 4.34. The van der Waals surface area contributed by atoms with Crippen molar-refractivity contribution in [2.45, 2.75) is 26.5 Å². The van der Waals surface area contributed by atoms with Crippen molar-refractivity contribution in [3.63, 3.8) is 0 Å². The van der Waals surface area contributed by atoms with E-state index in [0.29, 0.717) is 13.2 Å². The molecular formula is C24H29IN4O. The predicted molar refractivity (Wildman–Crippen MR) is 133 cm³/mol. The van der Waals surface area contributed by atoms with E-state index in [4.69, 9.17) is 4.74 Å². The zero-order chi connectivity index (χ0) is 20.2. The van der Waals surface area contributed by atoms with E-state index in [1.165, 1.54) is 0 Å². The first-order valence-electron chi connectivity index (χ1n) is 10.0. The lowest BCUT2D eigenvalue weighted by Gasteiger charge is -2.11. The van der Waals surface area contributed by atoms with E-state index < -0.39 is 0 Å². The second-order valence-electron chi connectivity index (χ2n) is 6.61. The fourth-order valence-corrected chi connectivity index (χ4v) is 2.79. The number of aliphatic imine (C=N–C) groups is 1. The number of hydrogen-bond donors (Lipinski definition) is 2. The van der Waals surface area contributed by atoms with Gasteiger partial charge in [-0.1, -0.05) is 48.5 Å². The fourth-order valence-electron chi connectivity index (χ4n) is 2.79. The smallest absolute Gasteiger partial charge is 0.191 e. The summed E-state index contributed by atoms with van der Waals surface area (Å²) < 4.78 is 5.79. The molecule has 0 spiro atoms. The van der Waals surface area contributed by atoms with Crippen LogP contribution in [-0.2, 0) is 19.6 Å². The Bertz CT molecular complexity index is 871. The van der Waals surface area contributed by atoms with Gasteiger partial charge in [0.1, 0.15) is 12.4 Å². The molecule has 30 heavy (non-hydrogen) atoms. The monoisotopic (exact) mass is 516 g/mol. The highest BCUT2D eigenvalue weighted by atomic mass is 127. The Morgan fingerprint density at radius 3 is 2.33 bits per heavy atom. The molecule has 158 valence electrons. The molecule has 0 bridgehead atoms. The van der Waals surface area contributed by atoms with Crippen LogP contribution in [0.4, 0.5) is 0 Å². The van der Waals surface area contributed by atoms with Crippen LogP contribution >= 0.6 is 24.0 Å². The number of nitrogens with one attached hydrogen (secondary N) is 2. The standard InChI is InChI=1S/C24H28N4O.HI/c1-2-25-24(27-17-15-22-8-6-7-16-26-22)28-18-20-11-13-21(14-12-20)19-29-23-9-4-3-5-10-23;/h3-14,16H,2,15,17-19H2,1H3,(H2,25,27,28);1H. The van der Waals surface area contributed by atoms with Gasteiger partial charge in [-0.2, -0.15) is 0 Å². The molecule has 0 radical (unpaired) electrons. The third-order valence-corrected chi connectivity index (χ3v) is 4.34. The first kappa shape index (κ1) is 23.7. The van der Waals surface area contributed by atoms with Crippen LogP contribution < -0.4 is 15.4 Å². The van der Waals surface area contributed by atoms with Gasteiger partial charge in [-0.3, -0.25) is 4.98 Å². The number of ether oxygens (including phenoxy) is 1. The molecule has 6 heteroatoms. The van der Waals surface area contributed by atoms with E-state index in [1.807, 2.05) is 54.7 Å². The van der Waals surface area contributed by atoms with Gasteiger partial charge in [0.05, 0.1) is 6.54 Å². The van der Waals surface area contributed by atoms with Crippen LogP contribution in [0.1, 0.15) is 23.7 Å². The van der Waals surface area contributed by atoms with Crippen LogP contribution in [0.5, 0.6) is 5.75 Å². The first-order chi connectivity index (χ1) is 14.3. The van der Waals surface area contributed by atoms with Crippen LogP contribution in [0.2, 0.25) is 0 Å². The maximum atomic E-state index is 5.79. The molecule has 3 aromatic rings. The summed E-state index contributed by atoms with van der Waals surface area (Å²) in [6.45, 7) is 4.87. The number of rotatable bonds is 9. The van der Waals surface area contributed by atoms with Crippen molar-refractivity contribution >= 4 is 29.9 Å². The van der Waals surface area contributed by atoms with Gasteiger partial charge >= 0.3 is 0 Å². The summed E-state index contributed by atoms with van der Waals surface area (Å²) >= 11 is 0. The zero-order valence-corrected chi connectivity index (χ0v) is 19.6. The SMILES string of the molecule is CCNC(=NCc1ccc(COc2ccccc2)cc1)NCCc1ccccn1.I. The first-order valence-corrected chi connectivity index (χ1v) is 10.0. The van der Waals surface area contributed by atoms with Crippen LogP contribution in [0.3, 0.4) is 0 Å². The Labute approximate surface area is 196 Å². The normalized spacial score (nSPS) is 10.8. The molecule has 0 saturated carbocycles. The molecule has 0 saturated heterocycles. The highest BCUT2D eigenvalue weighted by molar-refractivity contribution is 14.0. The van der Waals surface area contributed by atoms with Crippen molar-refractivity contribution in [2.24, 2.45) is 4.99 Å². The molecule has 0 fully saturated rings. The third kappa shape index (κ3) is 8.41. The minimum atomic E-state index is 0. The number of benzene rings is 2. The summed E-state index contributed by atoms with van der Waals surface area (Å²) in [6, 6.07) is 24.2. The van der Waals surface area contributed by atoms with Crippen molar-refractivity contribution in [2.75, 3.05) is 13.1 Å². The van der Waals surface area contributed by atoms with Gasteiger partial charge in [0.2, 0.25) is 0 Å². The number of para-hydroxylation sites is 1. The molecular weight excluding hydrogens is 487 g/mol. The van der Waals surface area contributed by atoms with Gasteiger partial charge in [0.15, 0.2) is 5.96 Å². The average molecular weight is 516 g/mol. The van der Waals surface area contributed by atoms with Crippen molar-refractivity contribution in [1.29, 1.82) is 0 Å². The maximum Gasteiger partial charge on any atom is 0.191 e. The van der Waals surface area contributed by atoms with Crippen LogP contribution in [-0.4, -0.2) is 24.0 Å². The van der Waals surface area contributed by atoms with Gasteiger partial charge in [0.25, 0.3) is 0 Å². The summed E-state index contributed by atoms with van der Waals surface area (Å²) in [4.78, 5) is 9.03. The van der Waals surface area contributed by atoms with Gasteiger partial charge in [0, 0.05) is 31.4 Å². The van der Waals surface area contributed by atoms with Crippen molar-refractivity contribution in [1.82, 2.24) is 15.6 Å². The molecule has 0 unspecified atom stereocenters. The molecule has 2 N–H and O–H groups in total. The number of pyridine rings is 1. The van der Waals surface area contributed by atoms with E-state index in [1.54, 1.807) is 0 Å². The van der Waals surface area contributed by atoms with Gasteiger partial charge < -0.3 is 15.4 Å². The Morgan fingerprint density at radius 1 is 0.900 bits per heavy atom. The van der Waals surface area contributed by atoms with Crippen molar-refractivity contribution in [3.8, 4) is 5.75 Å². The Morgan fingerprint density at radius 2 is 1.63 bits per heavy atom. The molecule has 1 heterocycles. The molecule has 0 amide bonds. The Kier molecular flexibility index (Phi) is 10.7. The highest BCUT2D eigenvalue weighted by Crippen LogP contribution is 2.12. The summed E-state index contributed by atoms with van der Waals surface area (Å²) in [5.74, 6) is 1.70. The second-order valence-corrected chi connectivity index (χ2v) is 6.61. The largest absolute Gasteiger partial charge is 0.489 e. The molecule has 1 aromatic heterocycles. The number of guanidine groups is 1. The summed E-state index contributed by atoms with van der Waals surface area (Å²) in [5.41, 5.74) is 3.38. The highest BCUT2D eigenvalue weighted by Gasteiger charge is 2.00. The van der Waals surface area contributed by atoms with E-state index in [2.05, 4.69) is 51.8 Å². The molecule has 0 aliphatic heterocycles. The molecule has 2 aromatic carbocycles. The van der Waals surface area contributed by atoms with Gasteiger partial charge in [-0.05, 0) is 42.3 Å². The average Bonchev–Trinajstić information content (AvgIpc) is 2.78. The predicted octanol–water partition coefficient (Wildman–Crippen LogP) is 4.58. The van der Waals surface area contributed by atoms with E-state index in [9.17, 15) is 0 Å². The van der Waals surface area contributed by atoms with Crippen LogP contribution in [0, 0.1) is 0 Å².